The standard InChI is InChI=1S/C17H20ClN3OS.C2H6/c1-10-2-7-13-14(9-19)16(23-15(13)8-10)21-17(22)20-12-5-3-11(18)4-6-12;1-2/h3-6,10H,2,7-9,19H2,1H3,(H2,20,21,22);1-2H3. The highest BCUT2D eigenvalue weighted by molar-refractivity contribution is 7.16. The minimum Gasteiger partial charge on any atom is -0.326 e. The van der Waals surface area contributed by atoms with Crippen LogP contribution in [0, 0.1) is 5.92 Å². The molecule has 0 radical (unpaired) electrons. The van der Waals surface area contributed by atoms with Crippen molar-refractivity contribution < 1.29 is 4.79 Å². The second-order valence-electron chi connectivity index (χ2n) is 5.95. The maximum atomic E-state index is 12.2. The first kappa shape index (κ1) is 19.8. The Balaban J connectivity index is 0.00000109. The van der Waals surface area contributed by atoms with Gasteiger partial charge in [-0.1, -0.05) is 32.4 Å². The molecule has 1 aliphatic carbocycles. The van der Waals surface area contributed by atoms with Crippen LogP contribution in [-0.4, -0.2) is 6.03 Å². The molecule has 1 heterocycles. The van der Waals surface area contributed by atoms with Gasteiger partial charge in [0.05, 0.1) is 0 Å². The zero-order valence-corrected chi connectivity index (χ0v) is 16.6. The second-order valence-corrected chi connectivity index (χ2v) is 7.49. The van der Waals surface area contributed by atoms with Gasteiger partial charge in [-0.25, -0.2) is 4.79 Å². The van der Waals surface area contributed by atoms with Gasteiger partial charge in [0.25, 0.3) is 0 Å². The molecule has 4 nitrogen and oxygen atoms in total. The molecule has 2 amide bonds. The quantitative estimate of drug-likeness (QED) is 0.644. The van der Waals surface area contributed by atoms with Gasteiger partial charge < -0.3 is 11.1 Å². The fourth-order valence-electron chi connectivity index (χ4n) is 2.93. The lowest BCUT2D eigenvalue weighted by molar-refractivity contribution is 0.262. The maximum Gasteiger partial charge on any atom is 0.324 e. The van der Waals surface area contributed by atoms with E-state index >= 15 is 0 Å². The summed E-state index contributed by atoms with van der Waals surface area (Å²) in [5, 5.41) is 7.28. The molecule has 6 heteroatoms. The summed E-state index contributed by atoms with van der Waals surface area (Å²) in [5.74, 6) is 0.697. The summed E-state index contributed by atoms with van der Waals surface area (Å²) in [6, 6.07) is 6.77. The minimum atomic E-state index is -0.256. The third-order valence-electron chi connectivity index (χ3n) is 4.15. The molecule has 0 saturated carbocycles. The SMILES string of the molecule is CC.CC1CCc2c(sc(NC(=O)Nc3ccc(Cl)cc3)c2CN)C1. The van der Waals surface area contributed by atoms with Gasteiger partial charge in [-0.3, -0.25) is 5.32 Å². The summed E-state index contributed by atoms with van der Waals surface area (Å²) in [4.78, 5) is 13.6. The van der Waals surface area contributed by atoms with Crippen molar-refractivity contribution in [2.24, 2.45) is 11.7 Å². The number of carbonyl (C=O) groups excluding carboxylic acids is 1. The number of fused-ring (bicyclic) bond motifs is 1. The number of urea groups is 1. The molecular weight excluding hydrogens is 354 g/mol. The molecule has 1 aliphatic rings. The molecule has 25 heavy (non-hydrogen) atoms. The summed E-state index contributed by atoms with van der Waals surface area (Å²) in [6.07, 6.45) is 3.32. The van der Waals surface area contributed by atoms with Gasteiger partial charge in [0.2, 0.25) is 0 Å². The molecule has 1 aromatic carbocycles. The van der Waals surface area contributed by atoms with E-state index in [-0.39, 0.29) is 6.03 Å². The molecule has 0 spiro atoms. The number of halogens is 1. The molecule has 1 unspecified atom stereocenters. The molecule has 2 aromatic rings. The van der Waals surface area contributed by atoms with Crippen molar-refractivity contribution in [1.29, 1.82) is 0 Å². The van der Waals surface area contributed by atoms with E-state index in [0.717, 1.165) is 23.4 Å². The van der Waals surface area contributed by atoms with E-state index in [1.165, 1.54) is 16.9 Å². The first-order valence-electron chi connectivity index (χ1n) is 8.74. The Hall–Kier alpha value is -1.56. The van der Waals surface area contributed by atoms with Crippen LogP contribution >= 0.6 is 22.9 Å². The Labute approximate surface area is 158 Å². The number of hydrogen-bond acceptors (Lipinski definition) is 3. The smallest absolute Gasteiger partial charge is 0.324 e. The first-order chi connectivity index (χ1) is 12.1. The predicted molar refractivity (Wildman–Crippen MR) is 109 cm³/mol. The molecule has 1 atom stereocenters. The van der Waals surface area contributed by atoms with Gasteiger partial charge in [0, 0.05) is 27.7 Å². The highest BCUT2D eigenvalue weighted by Gasteiger charge is 2.23. The number of amides is 2. The summed E-state index contributed by atoms with van der Waals surface area (Å²) in [6.45, 7) is 6.72. The Morgan fingerprint density at radius 1 is 1.28 bits per heavy atom. The molecule has 0 fully saturated rings. The lowest BCUT2D eigenvalue weighted by atomic mass is 9.88. The van der Waals surface area contributed by atoms with E-state index in [9.17, 15) is 4.79 Å². The van der Waals surface area contributed by atoms with Crippen LogP contribution in [0.2, 0.25) is 5.02 Å². The number of rotatable bonds is 3. The lowest BCUT2D eigenvalue weighted by Gasteiger charge is -2.18. The zero-order valence-electron chi connectivity index (χ0n) is 15.0. The van der Waals surface area contributed by atoms with Gasteiger partial charge in [-0.05, 0) is 55.0 Å². The van der Waals surface area contributed by atoms with E-state index in [4.69, 9.17) is 17.3 Å². The molecule has 4 N–H and O–H groups in total. The van der Waals surface area contributed by atoms with Crippen molar-refractivity contribution in [3.05, 3.63) is 45.3 Å². The van der Waals surface area contributed by atoms with Gasteiger partial charge in [0.15, 0.2) is 0 Å². The van der Waals surface area contributed by atoms with Crippen LogP contribution in [0.4, 0.5) is 15.5 Å². The van der Waals surface area contributed by atoms with E-state index < -0.39 is 0 Å². The van der Waals surface area contributed by atoms with Crippen LogP contribution in [-0.2, 0) is 19.4 Å². The number of nitrogens with two attached hydrogens (primary N) is 1. The van der Waals surface area contributed by atoms with Gasteiger partial charge >= 0.3 is 6.03 Å². The van der Waals surface area contributed by atoms with Crippen molar-refractivity contribution in [2.45, 2.75) is 46.6 Å². The monoisotopic (exact) mass is 379 g/mol. The number of benzene rings is 1. The third kappa shape index (κ3) is 4.97. The van der Waals surface area contributed by atoms with Gasteiger partial charge in [0.1, 0.15) is 5.00 Å². The van der Waals surface area contributed by atoms with Crippen LogP contribution < -0.4 is 16.4 Å². The minimum absolute atomic E-state index is 0.256. The molecule has 3 rings (SSSR count). The maximum absolute atomic E-state index is 12.2. The van der Waals surface area contributed by atoms with E-state index in [1.807, 2.05) is 13.8 Å². The second kappa shape index (κ2) is 9.22. The van der Waals surface area contributed by atoms with Gasteiger partial charge in [-0.2, -0.15) is 0 Å². The third-order valence-corrected chi connectivity index (χ3v) is 5.62. The van der Waals surface area contributed by atoms with E-state index in [1.54, 1.807) is 35.6 Å². The van der Waals surface area contributed by atoms with Crippen molar-refractivity contribution in [2.75, 3.05) is 10.6 Å². The first-order valence-corrected chi connectivity index (χ1v) is 9.93. The number of carbonyl (C=O) groups is 1. The molecule has 0 aliphatic heterocycles. The highest BCUT2D eigenvalue weighted by atomic mass is 35.5. The molecule has 0 bridgehead atoms. The van der Waals surface area contributed by atoms with Crippen LogP contribution in [0.15, 0.2) is 24.3 Å². The van der Waals surface area contributed by atoms with Crippen molar-refractivity contribution >= 4 is 39.7 Å². The zero-order chi connectivity index (χ0) is 18.4. The van der Waals surface area contributed by atoms with Crippen LogP contribution in [0.1, 0.15) is 43.2 Å². The summed E-state index contributed by atoms with van der Waals surface area (Å²) in [7, 11) is 0. The topological polar surface area (TPSA) is 67.2 Å². The number of anilines is 2. The summed E-state index contributed by atoms with van der Waals surface area (Å²) < 4.78 is 0. The van der Waals surface area contributed by atoms with Crippen LogP contribution in [0.25, 0.3) is 0 Å². The molecular formula is C19H26ClN3OS. The van der Waals surface area contributed by atoms with E-state index in [0.29, 0.717) is 23.2 Å². The van der Waals surface area contributed by atoms with Crippen molar-refractivity contribution in [3.63, 3.8) is 0 Å². The average Bonchev–Trinajstić information content (AvgIpc) is 2.94. The predicted octanol–water partition coefficient (Wildman–Crippen LogP) is 5.66. The summed E-state index contributed by atoms with van der Waals surface area (Å²) >= 11 is 7.51. The largest absolute Gasteiger partial charge is 0.326 e. The summed E-state index contributed by atoms with van der Waals surface area (Å²) in [5.41, 5.74) is 9.05. The Bertz CT molecular complexity index is 712. The number of hydrogen-bond donors (Lipinski definition) is 3. The van der Waals surface area contributed by atoms with E-state index in [2.05, 4.69) is 17.6 Å². The fourth-order valence-corrected chi connectivity index (χ4v) is 4.49. The van der Waals surface area contributed by atoms with Crippen LogP contribution in [0.3, 0.4) is 0 Å². The number of thiophene rings is 1. The highest BCUT2D eigenvalue weighted by Crippen LogP contribution is 2.39. The average molecular weight is 380 g/mol. The Morgan fingerprint density at radius 2 is 1.96 bits per heavy atom. The lowest BCUT2D eigenvalue weighted by Crippen LogP contribution is -2.20. The molecule has 136 valence electrons. The molecule has 0 saturated heterocycles. The molecule has 1 aromatic heterocycles. The van der Waals surface area contributed by atoms with Crippen molar-refractivity contribution in [3.8, 4) is 0 Å². The van der Waals surface area contributed by atoms with Crippen LogP contribution in [0.5, 0.6) is 0 Å². The normalized spacial score (nSPS) is 15.6. The van der Waals surface area contributed by atoms with Crippen molar-refractivity contribution in [1.82, 2.24) is 0 Å². The Morgan fingerprint density at radius 3 is 2.60 bits per heavy atom. The number of nitrogens with one attached hydrogen (secondary N) is 2. The van der Waals surface area contributed by atoms with Gasteiger partial charge in [-0.15, -0.1) is 11.3 Å². The Kier molecular flexibility index (Phi) is 7.29. The fraction of sp³-hybridized carbons (Fsp3) is 0.421.